The minimum absolute atomic E-state index is 0.230. The fraction of sp³-hybridized carbons (Fsp3) is 0.294. The van der Waals surface area contributed by atoms with Crippen LogP contribution >= 0.6 is 0 Å². The van der Waals surface area contributed by atoms with Crippen LogP contribution in [0.3, 0.4) is 0 Å². The Kier molecular flexibility index (Phi) is 3.71. The molecular weight excluding hydrogens is 260 g/mol. The fourth-order valence-corrected chi connectivity index (χ4v) is 2.65. The number of hydrogen-bond acceptors (Lipinski definition) is 3. The molecule has 2 heterocycles. The van der Waals surface area contributed by atoms with Gasteiger partial charge in [-0.15, -0.1) is 0 Å². The lowest BCUT2D eigenvalue weighted by Gasteiger charge is -2.16. The van der Waals surface area contributed by atoms with Crippen LogP contribution in [0, 0.1) is 13.8 Å². The molecule has 0 spiro atoms. The van der Waals surface area contributed by atoms with E-state index in [0.29, 0.717) is 0 Å². The van der Waals surface area contributed by atoms with Gasteiger partial charge in [0.25, 0.3) is 0 Å². The van der Waals surface area contributed by atoms with Crippen LogP contribution in [0.15, 0.2) is 43.0 Å². The quantitative estimate of drug-likeness (QED) is 0.799. The maximum absolute atomic E-state index is 4.40. The number of aromatic nitrogens is 3. The van der Waals surface area contributed by atoms with E-state index in [4.69, 9.17) is 0 Å². The Morgan fingerprint density at radius 2 is 2.05 bits per heavy atom. The zero-order valence-electron chi connectivity index (χ0n) is 12.7. The Bertz CT molecular complexity index is 760. The molecule has 1 aromatic carbocycles. The zero-order valence-corrected chi connectivity index (χ0v) is 12.7. The van der Waals surface area contributed by atoms with Gasteiger partial charge < -0.3 is 5.32 Å². The van der Waals surface area contributed by atoms with E-state index >= 15 is 0 Å². The Balaban J connectivity index is 1.93. The number of nitrogens with one attached hydrogen (secondary N) is 1. The average molecular weight is 280 g/mol. The second-order valence-corrected chi connectivity index (χ2v) is 5.47. The molecule has 0 radical (unpaired) electrons. The Morgan fingerprint density at radius 1 is 1.19 bits per heavy atom. The van der Waals surface area contributed by atoms with Gasteiger partial charge in [0.05, 0.1) is 17.9 Å². The summed E-state index contributed by atoms with van der Waals surface area (Å²) >= 11 is 0. The summed E-state index contributed by atoms with van der Waals surface area (Å²) in [5, 5.41) is 7.80. The lowest BCUT2D eigenvalue weighted by Crippen LogP contribution is -2.18. The molecule has 4 heteroatoms. The van der Waals surface area contributed by atoms with E-state index in [1.54, 1.807) is 6.20 Å². The van der Waals surface area contributed by atoms with Crippen molar-refractivity contribution in [2.24, 2.45) is 0 Å². The molecule has 0 aliphatic heterocycles. The topological polar surface area (TPSA) is 42.2 Å². The monoisotopic (exact) mass is 280 g/mol. The fourth-order valence-electron chi connectivity index (χ4n) is 2.65. The second-order valence-electron chi connectivity index (χ2n) is 5.47. The largest absolute Gasteiger partial charge is 0.313 e. The predicted octanol–water partition coefficient (Wildman–Crippen LogP) is 2.85. The summed E-state index contributed by atoms with van der Waals surface area (Å²) in [7, 11) is 1.99. The standard InChI is InChI=1S/C17H20N4/c1-12-4-5-14(8-13(12)2)9-16(18-3)15-10-20-21-7-6-19-11-17(15)21/h4-8,10-11,16,18H,9H2,1-3H3. The number of nitrogens with zero attached hydrogens (tertiary/aromatic N) is 3. The van der Waals surface area contributed by atoms with E-state index in [0.717, 1.165) is 11.9 Å². The van der Waals surface area contributed by atoms with Gasteiger partial charge in [-0.2, -0.15) is 5.10 Å². The van der Waals surface area contributed by atoms with Gasteiger partial charge in [0.2, 0.25) is 0 Å². The summed E-state index contributed by atoms with van der Waals surface area (Å²) in [5.74, 6) is 0. The number of aryl methyl sites for hydroxylation is 2. The van der Waals surface area contributed by atoms with Crippen LogP contribution in [0.25, 0.3) is 5.52 Å². The number of hydrogen-bond donors (Lipinski definition) is 1. The van der Waals surface area contributed by atoms with Gasteiger partial charge in [0, 0.05) is 24.0 Å². The van der Waals surface area contributed by atoms with Gasteiger partial charge >= 0.3 is 0 Å². The molecule has 0 saturated carbocycles. The van der Waals surface area contributed by atoms with Crippen molar-refractivity contribution in [3.8, 4) is 0 Å². The molecule has 0 aliphatic rings. The van der Waals surface area contributed by atoms with Crippen molar-refractivity contribution in [2.75, 3.05) is 7.05 Å². The van der Waals surface area contributed by atoms with Gasteiger partial charge in [-0.1, -0.05) is 18.2 Å². The number of rotatable bonds is 4. The van der Waals surface area contributed by atoms with Crippen LogP contribution in [0.5, 0.6) is 0 Å². The molecule has 2 aromatic heterocycles. The third-order valence-electron chi connectivity index (χ3n) is 4.09. The minimum Gasteiger partial charge on any atom is -0.313 e. The third-order valence-corrected chi connectivity index (χ3v) is 4.09. The van der Waals surface area contributed by atoms with Crippen LogP contribution in [0.4, 0.5) is 0 Å². The molecule has 1 unspecified atom stereocenters. The van der Waals surface area contributed by atoms with Gasteiger partial charge in [0.1, 0.15) is 0 Å². The molecule has 0 amide bonds. The molecule has 3 rings (SSSR count). The van der Waals surface area contributed by atoms with Gasteiger partial charge in [-0.3, -0.25) is 4.98 Å². The van der Waals surface area contributed by atoms with E-state index in [1.165, 1.54) is 22.3 Å². The number of benzene rings is 1. The van der Waals surface area contributed by atoms with Gasteiger partial charge in [0.15, 0.2) is 0 Å². The first-order valence-corrected chi connectivity index (χ1v) is 7.19. The van der Waals surface area contributed by atoms with Crippen molar-refractivity contribution in [1.82, 2.24) is 19.9 Å². The highest BCUT2D eigenvalue weighted by Crippen LogP contribution is 2.23. The van der Waals surface area contributed by atoms with Crippen LogP contribution in [-0.2, 0) is 6.42 Å². The van der Waals surface area contributed by atoms with Crippen LogP contribution in [0.1, 0.15) is 28.3 Å². The van der Waals surface area contributed by atoms with Crippen LogP contribution in [0.2, 0.25) is 0 Å². The molecule has 0 aliphatic carbocycles. The molecule has 4 nitrogen and oxygen atoms in total. The first kappa shape index (κ1) is 13.8. The van der Waals surface area contributed by atoms with E-state index < -0.39 is 0 Å². The lowest BCUT2D eigenvalue weighted by molar-refractivity contribution is 0.595. The van der Waals surface area contributed by atoms with Crippen molar-refractivity contribution in [2.45, 2.75) is 26.3 Å². The summed E-state index contributed by atoms with van der Waals surface area (Å²) in [6.45, 7) is 4.30. The minimum atomic E-state index is 0.230. The molecule has 0 fully saturated rings. The lowest BCUT2D eigenvalue weighted by atomic mass is 9.97. The first-order valence-electron chi connectivity index (χ1n) is 7.19. The van der Waals surface area contributed by atoms with Crippen molar-refractivity contribution >= 4 is 5.52 Å². The van der Waals surface area contributed by atoms with E-state index in [2.05, 4.69) is 47.4 Å². The summed E-state index contributed by atoms with van der Waals surface area (Å²) in [6.07, 6.45) is 8.36. The molecule has 0 saturated heterocycles. The number of fused-ring (bicyclic) bond motifs is 1. The van der Waals surface area contributed by atoms with Crippen LogP contribution < -0.4 is 5.32 Å². The maximum Gasteiger partial charge on any atom is 0.0892 e. The van der Waals surface area contributed by atoms with E-state index in [9.17, 15) is 0 Å². The van der Waals surface area contributed by atoms with Gasteiger partial charge in [-0.05, 0) is 44.0 Å². The Labute approximate surface area is 124 Å². The molecular formula is C17H20N4. The van der Waals surface area contributed by atoms with E-state index in [-0.39, 0.29) is 6.04 Å². The predicted molar refractivity (Wildman–Crippen MR) is 84.4 cm³/mol. The normalized spacial score (nSPS) is 12.7. The van der Waals surface area contributed by atoms with Gasteiger partial charge in [-0.25, -0.2) is 4.52 Å². The molecule has 21 heavy (non-hydrogen) atoms. The Morgan fingerprint density at radius 3 is 2.81 bits per heavy atom. The molecule has 1 atom stereocenters. The molecule has 0 bridgehead atoms. The summed E-state index contributed by atoms with van der Waals surface area (Å²) in [5.41, 5.74) is 6.24. The molecule has 3 aromatic rings. The van der Waals surface area contributed by atoms with Crippen molar-refractivity contribution in [3.05, 3.63) is 65.2 Å². The smallest absolute Gasteiger partial charge is 0.0892 e. The summed E-state index contributed by atoms with van der Waals surface area (Å²) in [6, 6.07) is 6.89. The van der Waals surface area contributed by atoms with E-state index in [1.807, 2.05) is 30.2 Å². The molecule has 1 N–H and O–H groups in total. The Hall–Kier alpha value is -2.20. The van der Waals surface area contributed by atoms with Crippen molar-refractivity contribution in [3.63, 3.8) is 0 Å². The second kappa shape index (κ2) is 5.66. The van der Waals surface area contributed by atoms with Crippen LogP contribution in [-0.4, -0.2) is 21.6 Å². The summed E-state index contributed by atoms with van der Waals surface area (Å²) in [4.78, 5) is 4.21. The highest BCUT2D eigenvalue weighted by atomic mass is 15.2. The maximum atomic E-state index is 4.40. The van der Waals surface area contributed by atoms with Crippen molar-refractivity contribution in [1.29, 1.82) is 0 Å². The highest BCUT2D eigenvalue weighted by molar-refractivity contribution is 5.53. The zero-order chi connectivity index (χ0) is 14.8. The first-order chi connectivity index (χ1) is 10.2. The van der Waals surface area contributed by atoms with Crippen molar-refractivity contribution < 1.29 is 0 Å². The number of likely N-dealkylation sites (N-methyl/N-ethyl adjacent to an activating group) is 1. The SMILES string of the molecule is CNC(Cc1ccc(C)c(C)c1)c1cnn2ccncc12. The highest BCUT2D eigenvalue weighted by Gasteiger charge is 2.15. The average Bonchev–Trinajstić information content (AvgIpc) is 2.92. The summed E-state index contributed by atoms with van der Waals surface area (Å²) < 4.78 is 1.87. The third kappa shape index (κ3) is 2.67. The molecule has 108 valence electrons.